The number of carbonyl (C=O) groups excluding carboxylic acids is 3. The van der Waals surface area contributed by atoms with Gasteiger partial charge in [-0.05, 0) is 39.9 Å². The number of carbonyl (C=O) groups is 3. The molecule has 0 bridgehead atoms. The van der Waals surface area contributed by atoms with Gasteiger partial charge in [-0.2, -0.15) is 0 Å². The molecule has 166 valence electrons. The Bertz CT molecular complexity index is 1120. The third-order valence-electron chi connectivity index (χ3n) is 5.33. The van der Waals surface area contributed by atoms with Crippen LogP contribution in [0.4, 0.5) is 0 Å². The van der Waals surface area contributed by atoms with Crippen molar-refractivity contribution in [2.75, 3.05) is 7.05 Å². The zero-order chi connectivity index (χ0) is 23.1. The number of hydrogen-bond acceptors (Lipinski definition) is 3. The first-order valence-corrected chi connectivity index (χ1v) is 10.7. The van der Waals surface area contributed by atoms with Gasteiger partial charge in [-0.3, -0.25) is 14.4 Å². The maximum Gasteiger partial charge on any atom is 0.251 e. The molecule has 0 spiro atoms. The monoisotopic (exact) mass is 431 g/mol. The molecule has 1 unspecified atom stereocenters. The van der Waals surface area contributed by atoms with Gasteiger partial charge in [0.25, 0.3) is 5.91 Å². The van der Waals surface area contributed by atoms with E-state index >= 15 is 0 Å². The predicted molar refractivity (Wildman–Crippen MR) is 126 cm³/mol. The molecule has 32 heavy (non-hydrogen) atoms. The Hall–Kier alpha value is -3.67. The van der Waals surface area contributed by atoms with Crippen molar-refractivity contribution in [3.63, 3.8) is 0 Å². The topological polar surface area (TPSA) is 87.3 Å². The Morgan fingerprint density at radius 1 is 0.844 bits per heavy atom. The highest BCUT2D eigenvalue weighted by Crippen LogP contribution is 2.16. The largest absolute Gasteiger partial charge is 0.355 e. The summed E-state index contributed by atoms with van der Waals surface area (Å²) in [4.78, 5) is 37.2. The summed E-state index contributed by atoms with van der Waals surface area (Å²) in [5.41, 5.74) is 2.24. The molecule has 0 heterocycles. The lowest BCUT2D eigenvalue weighted by Crippen LogP contribution is -2.49. The zero-order valence-corrected chi connectivity index (χ0v) is 18.6. The van der Waals surface area contributed by atoms with Crippen molar-refractivity contribution in [1.29, 1.82) is 0 Å². The molecule has 3 N–H and O–H groups in total. The fourth-order valence-corrected chi connectivity index (χ4v) is 3.56. The molecule has 3 amide bonds. The molecule has 0 saturated heterocycles. The zero-order valence-electron chi connectivity index (χ0n) is 18.6. The van der Waals surface area contributed by atoms with Crippen molar-refractivity contribution in [3.05, 3.63) is 83.4 Å². The highest BCUT2D eigenvalue weighted by atomic mass is 16.2. The van der Waals surface area contributed by atoms with Crippen LogP contribution in [0.2, 0.25) is 0 Å². The molecule has 6 nitrogen and oxygen atoms in total. The van der Waals surface area contributed by atoms with Crippen LogP contribution < -0.4 is 16.0 Å². The number of nitrogens with one attached hydrogen (secondary N) is 3. The summed E-state index contributed by atoms with van der Waals surface area (Å²) in [6, 6.07) is 20.4. The van der Waals surface area contributed by atoms with E-state index in [4.69, 9.17) is 0 Å². The van der Waals surface area contributed by atoms with Gasteiger partial charge in [0.15, 0.2) is 0 Å². The molecule has 6 heteroatoms. The standard InChI is InChI=1S/C26H29N3O3/c1-17(2)24(26(32)28-16-19-7-6-10-22(14-19)25(31)27-3)29-23(30)15-18-11-12-20-8-4-5-9-21(20)13-18/h4-14,17,24H,15-16H2,1-3H3,(H,27,31)(H,28,32)(H,29,30). The number of fused-ring (bicyclic) bond motifs is 1. The van der Waals surface area contributed by atoms with Crippen molar-refractivity contribution in [2.45, 2.75) is 32.9 Å². The second kappa shape index (κ2) is 10.6. The van der Waals surface area contributed by atoms with E-state index in [0.29, 0.717) is 5.56 Å². The highest BCUT2D eigenvalue weighted by molar-refractivity contribution is 5.94. The Kier molecular flexibility index (Phi) is 7.60. The third kappa shape index (κ3) is 5.94. The first-order valence-electron chi connectivity index (χ1n) is 10.7. The van der Waals surface area contributed by atoms with E-state index in [1.54, 1.807) is 25.2 Å². The lowest BCUT2D eigenvalue weighted by molar-refractivity contribution is -0.129. The molecular formula is C26H29N3O3. The number of hydrogen-bond donors (Lipinski definition) is 3. The van der Waals surface area contributed by atoms with Crippen molar-refractivity contribution >= 4 is 28.5 Å². The number of benzene rings is 3. The third-order valence-corrected chi connectivity index (χ3v) is 5.33. The minimum Gasteiger partial charge on any atom is -0.355 e. The first kappa shape index (κ1) is 23.0. The van der Waals surface area contributed by atoms with Crippen molar-refractivity contribution in [1.82, 2.24) is 16.0 Å². The van der Waals surface area contributed by atoms with E-state index in [1.807, 2.05) is 62.4 Å². The van der Waals surface area contributed by atoms with E-state index in [0.717, 1.165) is 21.9 Å². The molecule has 3 aromatic rings. The Balaban J connectivity index is 1.60. The Morgan fingerprint density at radius 3 is 2.31 bits per heavy atom. The molecule has 0 aromatic heterocycles. The van der Waals surface area contributed by atoms with Crippen molar-refractivity contribution in [3.8, 4) is 0 Å². The molecule has 3 rings (SSSR count). The maximum atomic E-state index is 12.8. The van der Waals surface area contributed by atoms with Crippen molar-refractivity contribution < 1.29 is 14.4 Å². The molecule has 0 aliphatic rings. The average molecular weight is 432 g/mol. The smallest absolute Gasteiger partial charge is 0.251 e. The van der Waals surface area contributed by atoms with Gasteiger partial charge < -0.3 is 16.0 Å². The van der Waals surface area contributed by atoms with Crippen LogP contribution in [0.25, 0.3) is 10.8 Å². The fraction of sp³-hybridized carbons (Fsp3) is 0.269. The second-order valence-electron chi connectivity index (χ2n) is 8.14. The van der Waals surface area contributed by atoms with Gasteiger partial charge in [0.2, 0.25) is 11.8 Å². The average Bonchev–Trinajstić information content (AvgIpc) is 2.80. The van der Waals surface area contributed by atoms with E-state index in [-0.39, 0.29) is 36.6 Å². The van der Waals surface area contributed by atoms with Crippen LogP contribution in [0.1, 0.15) is 35.3 Å². The Labute approximate surface area is 188 Å². The van der Waals surface area contributed by atoms with E-state index in [1.165, 1.54) is 0 Å². The van der Waals surface area contributed by atoms with Crippen LogP contribution in [-0.4, -0.2) is 30.8 Å². The first-order chi connectivity index (χ1) is 15.4. The summed E-state index contributed by atoms with van der Waals surface area (Å²) in [5, 5.41) is 10.5. The second-order valence-corrected chi connectivity index (χ2v) is 8.14. The van der Waals surface area contributed by atoms with Crippen LogP contribution in [0.15, 0.2) is 66.7 Å². The quantitative estimate of drug-likeness (QED) is 0.512. The molecule has 1 atom stereocenters. The van der Waals surface area contributed by atoms with E-state index in [2.05, 4.69) is 16.0 Å². The van der Waals surface area contributed by atoms with Crippen LogP contribution >= 0.6 is 0 Å². The SMILES string of the molecule is CNC(=O)c1cccc(CNC(=O)C(NC(=O)Cc2ccc3ccccc3c2)C(C)C)c1. The summed E-state index contributed by atoms with van der Waals surface area (Å²) in [6.07, 6.45) is 0.204. The van der Waals surface area contributed by atoms with Crippen molar-refractivity contribution in [2.24, 2.45) is 5.92 Å². The van der Waals surface area contributed by atoms with Crippen LogP contribution in [0, 0.1) is 5.92 Å². The molecule has 0 aliphatic heterocycles. The summed E-state index contributed by atoms with van der Waals surface area (Å²) >= 11 is 0. The van der Waals surface area contributed by atoms with Gasteiger partial charge >= 0.3 is 0 Å². The summed E-state index contributed by atoms with van der Waals surface area (Å²) in [6.45, 7) is 4.06. The fourth-order valence-electron chi connectivity index (χ4n) is 3.56. The van der Waals surface area contributed by atoms with Crippen LogP contribution in [0.5, 0.6) is 0 Å². The maximum absolute atomic E-state index is 12.8. The van der Waals surface area contributed by atoms with Gasteiger partial charge in [0, 0.05) is 19.2 Å². The highest BCUT2D eigenvalue weighted by Gasteiger charge is 2.24. The van der Waals surface area contributed by atoms with Crippen LogP contribution in [0.3, 0.4) is 0 Å². The predicted octanol–water partition coefficient (Wildman–Crippen LogP) is 3.20. The summed E-state index contributed by atoms with van der Waals surface area (Å²) < 4.78 is 0. The van der Waals surface area contributed by atoms with Gasteiger partial charge in [-0.25, -0.2) is 0 Å². The summed E-state index contributed by atoms with van der Waals surface area (Å²) in [7, 11) is 1.57. The normalized spacial score (nSPS) is 11.8. The van der Waals surface area contributed by atoms with Gasteiger partial charge in [0.05, 0.1) is 6.42 Å². The summed E-state index contributed by atoms with van der Waals surface area (Å²) in [5.74, 6) is -0.708. The molecule has 0 fully saturated rings. The lowest BCUT2D eigenvalue weighted by atomic mass is 10.0. The Morgan fingerprint density at radius 2 is 1.59 bits per heavy atom. The minimum absolute atomic E-state index is 0.0762. The molecule has 3 aromatic carbocycles. The minimum atomic E-state index is -0.648. The van der Waals surface area contributed by atoms with E-state index in [9.17, 15) is 14.4 Å². The van der Waals surface area contributed by atoms with Crippen LogP contribution in [-0.2, 0) is 22.6 Å². The van der Waals surface area contributed by atoms with Gasteiger partial charge in [-0.15, -0.1) is 0 Å². The molecule has 0 radical (unpaired) electrons. The molecular weight excluding hydrogens is 402 g/mol. The van der Waals surface area contributed by atoms with Gasteiger partial charge in [-0.1, -0.05) is 68.4 Å². The number of rotatable bonds is 8. The van der Waals surface area contributed by atoms with E-state index < -0.39 is 6.04 Å². The van der Waals surface area contributed by atoms with Gasteiger partial charge in [0.1, 0.15) is 6.04 Å². The molecule has 0 aliphatic carbocycles. The molecule has 0 saturated carbocycles. The lowest BCUT2D eigenvalue weighted by Gasteiger charge is -2.22. The number of amides is 3.